The van der Waals surface area contributed by atoms with Gasteiger partial charge in [0.05, 0.1) is 5.69 Å². The minimum absolute atomic E-state index is 0.878. The van der Waals surface area contributed by atoms with Crippen LogP contribution in [-0.4, -0.2) is 24.6 Å². The number of rotatable bonds is 8. The number of hydrogen-bond acceptors (Lipinski definition) is 3. The normalized spacial score (nSPS) is 15.3. The monoisotopic (exact) mass is 261 g/mol. The number of aromatic nitrogens is 1. The van der Waals surface area contributed by atoms with E-state index in [1.54, 1.807) is 0 Å². The van der Waals surface area contributed by atoms with Crippen molar-refractivity contribution in [3.63, 3.8) is 0 Å². The van der Waals surface area contributed by atoms with E-state index in [2.05, 4.69) is 41.2 Å². The highest BCUT2D eigenvalue weighted by Crippen LogP contribution is 2.28. The molecule has 1 fully saturated rings. The first-order chi connectivity index (χ1) is 9.33. The van der Waals surface area contributed by atoms with Gasteiger partial charge in [0.25, 0.3) is 0 Å². The Morgan fingerprint density at radius 3 is 2.84 bits per heavy atom. The van der Waals surface area contributed by atoms with Crippen LogP contribution in [0.4, 0.5) is 5.69 Å². The van der Waals surface area contributed by atoms with Crippen molar-refractivity contribution in [3.05, 3.63) is 24.0 Å². The second-order valence-electron chi connectivity index (χ2n) is 5.52. The van der Waals surface area contributed by atoms with Gasteiger partial charge < -0.3 is 10.2 Å². The van der Waals surface area contributed by atoms with Crippen LogP contribution in [0.15, 0.2) is 18.3 Å². The maximum Gasteiger partial charge on any atom is 0.0562 e. The molecular weight excluding hydrogens is 234 g/mol. The standard InChI is InChI=1S/C16H27N3/c1-3-9-17-12-15-11-16(8-10-18-15)19(4-2)13-14-6-5-7-14/h8,10-11,14,17H,3-7,9,12-13H2,1-2H3. The van der Waals surface area contributed by atoms with Gasteiger partial charge >= 0.3 is 0 Å². The van der Waals surface area contributed by atoms with Crippen molar-refractivity contribution in [3.8, 4) is 0 Å². The van der Waals surface area contributed by atoms with Gasteiger partial charge in [-0.2, -0.15) is 0 Å². The summed E-state index contributed by atoms with van der Waals surface area (Å²) < 4.78 is 0. The fraction of sp³-hybridized carbons (Fsp3) is 0.688. The Morgan fingerprint density at radius 2 is 2.21 bits per heavy atom. The first-order valence-electron chi connectivity index (χ1n) is 7.74. The lowest BCUT2D eigenvalue weighted by Gasteiger charge is -2.33. The van der Waals surface area contributed by atoms with Gasteiger partial charge in [0.15, 0.2) is 0 Å². The Balaban J connectivity index is 1.94. The van der Waals surface area contributed by atoms with Gasteiger partial charge in [-0.25, -0.2) is 0 Å². The van der Waals surface area contributed by atoms with Gasteiger partial charge in [0.2, 0.25) is 0 Å². The highest BCUT2D eigenvalue weighted by Gasteiger charge is 2.20. The molecule has 0 atom stereocenters. The highest BCUT2D eigenvalue weighted by molar-refractivity contribution is 5.46. The minimum Gasteiger partial charge on any atom is -0.371 e. The number of nitrogens with one attached hydrogen (secondary N) is 1. The molecule has 1 aromatic heterocycles. The van der Waals surface area contributed by atoms with Crippen molar-refractivity contribution in [2.45, 2.75) is 46.1 Å². The lowest BCUT2D eigenvalue weighted by Crippen LogP contribution is -2.32. The molecule has 0 aromatic carbocycles. The number of hydrogen-bond donors (Lipinski definition) is 1. The zero-order valence-corrected chi connectivity index (χ0v) is 12.4. The molecule has 0 radical (unpaired) electrons. The van der Waals surface area contributed by atoms with Crippen LogP contribution >= 0.6 is 0 Å². The Morgan fingerprint density at radius 1 is 1.37 bits per heavy atom. The van der Waals surface area contributed by atoms with Gasteiger partial charge in [-0.15, -0.1) is 0 Å². The van der Waals surface area contributed by atoms with E-state index >= 15 is 0 Å². The second-order valence-corrected chi connectivity index (χ2v) is 5.52. The van der Waals surface area contributed by atoms with Gasteiger partial charge in [-0.1, -0.05) is 13.3 Å². The molecule has 1 aliphatic rings. The maximum atomic E-state index is 4.45. The third kappa shape index (κ3) is 4.20. The van der Waals surface area contributed by atoms with Crippen LogP contribution in [0.25, 0.3) is 0 Å². The van der Waals surface area contributed by atoms with E-state index in [0.29, 0.717) is 0 Å². The van der Waals surface area contributed by atoms with E-state index in [1.165, 1.54) is 37.9 Å². The molecule has 3 nitrogen and oxygen atoms in total. The minimum atomic E-state index is 0.878. The van der Waals surface area contributed by atoms with Crippen molar-refractivity contribution < 1.29 is 0 Å². The second kappa shape index (κ2) is 7.49. The number of anilines is 1. The average Bonchev–Trinajstić information content (AvgIpc) is 2.38. The Bertz CT molecular complexity index is 374. The van der Waals surface area contributed by atoms with Gasteiger partial charge in [-0.3, -0.25) is 4.98 Å². The molecule has 0 bridgehead atoms. The number of pyridine rings is 1. The summed E-state index contributed by atoms with van der Waals surface area (Å²) in [5.41, 5.74) is 2.48. The first-order valence-corrected chi connectivity index (χ1v) is 7.74. The molecule has 1 N–H and O–H groups in total. The average molecular weight is 261 g/mol. The summed E-state index contributed by atoms with van der Waals surface area (Å²) in [6.07, 6.45) is 7.36. The SMILES string of the molecule is CCCNCc1cc(N(CC)CC2CCC2)ccn1. The molecule has 1 heterocycles. The van der Waals surface area contributed by atoms with Crippen LogP contribution in [0.1, 0.15) is 45.2 Å². The Kier molecular flexibility index (Phi) is 5.64. The van der Waals surface area contributed by atoms with E-state index in [1.807, 2.05) is 6.20 Å². The summed E-state index contributed by atoms with van der Waals surface area (Å²) in [5.74, 6) is 0.912. The summed E-state index contributed by atoms with van der Waals surface area (Å²) in [4.78, 5) is 6.95. The van der Waals surface area contributed by atoms with Gasteiger partial charge in [-0.05, 0) is 50.8 Å². The molecule has 0 amide bonds. The van der Waals surface area contributed by atoms with Crippen molar-refractivity contribution in [1.82, 2.24) is 10.3 Å². The molecule has 3 heteroatoms. The summed E-state index contributed by atoms with van der Waals surface area (Å²) in [7, 11) is 0. The van der Waals surface area contributed by atoms with Crippen LogP contribution in [-0.2, 0) is 6.54 Å². The van der Waals surface area contributed by atoms with Crippen LogP contribution in [0.3, 0.4) is 0 Å². The van der Waals surface area contributed by atoms with E-state index in [4.69, 9.17) is 0 Å². The fourth-order valence-electron chi connectivity index (χ4n) is 2.56. The predicted octanol–water partition coefficient (Wildman–Crippen LogP) is 3.21. The number of nitrogens with zero attached hydrogens (tertiary/aromatic N) is 2. The van der Waals surface area contributed by atoms with Gasteiger partial charge in [0.1, 0.15) is 0 Å². The zero-order valence-electron chi connectivity index (χ0n) is 12.4. The van der Waals surface area contributed by atoms with Gasteiger partial charge in [0, 0.05) is 31.5 Å². The van der Waals surface area contributed by atoms with E-state index in [0.717, 1.165) is 31.2 Å². The summed E-state index contributed by atoms with van der Waals surface area (Å²) in [5, 5.41) is 3.42. The Hall–Kier alpha value is -1.09. The maximum absolute atomic E-state index is 4.45. The summed E-state index contributed by atoms with van der Waals surface area (Å²) >= 11 is 0. The molecule has 0 unspecified atom stereocenters. The molecule has 0 spiro atoms. The van der Waals surface area contributed by atoms with Crippen LogP contribution in [0.2, 0.25) is 0 Å². The lowest BCUT2D eigenvalue weighted by molar-refractivity contribution is 0.318. The van der Waals surface area contributed by atoms with Crippen molar-refractivity contribution in [2.75, 3.05) is 24.5 Å². The van der Waals surface area contributed by atoms with E-state index in [9.17, 15) is 0 Å². The molecule has 19 heavy (non-hydrogen) atoms. The molecular formula is C16H27N3. The summed E-state index contributed by atoms with van der Waals surface area (Å²) in [6.45, 7) is 8.67. The van der Waals surface area contributed by atoms with Crippen molar-refractivity contribution in [2.24, 2.45) is 5.92 Å². The molecule has 0 saturated heterocycles. The molecule has 0 aliphatic heterocycles. The largest absolute Gasteiger partial charge is 0.371 e. The quantitative estimate of drug-likeness (QED) is 0.728. The van der Waals surface area contributed by atoms with Crippen molar-refractivity contribution in [1.29, 1.82) is 0 Å². The zero-order chi connectivity index (χ0) is 13.5. The molecule has 1 saturated carbocycles. The van der Waals surface area contributed by atoms with Crippen LogP contribution in [0.5, 0.6) is 0 Å². The molecule has 2 rings (SSSR count). The third-order valence-electron chi connectivity index (χ3n) is 3.98. The Labute approximate surface area is 117 Å². The predicted molar refractivity (Wildman–Crippen MR) is 81.5 cm³/mol. The fourth-order valence-corrected chi connectivity index (χ4v) is 2.56. The van der Waals surface area contributed by atoms with E-state index in [-0.39, 0.29) is 0 Å². The smallest absolute Gasteiger partial charge is 0.0562 e. The van der Waals surface area contributed by atoms with Crippen LogP contribution in [0, 0.1) is 5.92 Å². The first kappa shape index (κ1) is 14.3. The van der Waals surface area contributed by atoms with Crippen LogP contribution < -0.4 is 10.2 Å². The van der Waals surface area contributed by atoms with Crippen molar-refractivity contribution >= 4 is 5.69 Å². The summed E-state index contributed by atoms with van der Waals surface area (Å²) in [6, 6.07) is 4.39. The topological polar surface area (TPSA) is 28.2 Å². The third-order valence-corrected chi connectivity index (χ3v) is 3.98. The molecule has 106 valence electrons. The highest BCUT2D eigenvalue weighted by atomic mass is 15.1. The lowest BCUT2D eigenvalue weighted by atomic mass is 9.85. The van der Waals surface area contributed by atoms with E-state index < -0.39 is 0 Å². The molecule has 1 aromatic rings. The molecule has 1 aliphatic carbocycles.